The summed E-state index contributed by atoms with van der Waals surface area (Å²) in [6.07, 6.45) is 2.69. The molecule has 1 aromatic carbocycles. The van der Waals surface area contributed by atoms with Crippen LogP contribution in [0.25, 0.3) is 0 Å². The summed E-state index contributed by atoms with van der Waals surface area (Å²) in [5, 5.41) is 5.93. The van der Waals surface area contributed by atoms with Crippen molar-refractivity contribution < 1.29 is 9.59 Å². The molecule has 182 valence electrons. The molecule has 7 heteroatoms. The molecule has 6 nitrogen and oxygen atoms in total. The van der Waals surface area contributed by atoms with Crippen LogP contribution in [0.4, 0.5) is 0 Å². The number of fused-ring (bicyclic) bond motifs is 1. The lowest BCUT2D eigenvalue weighted by molar-refractivity contribution is -0.127. The van der Waals surface area contributed by atoms with E-state index in [9.17, 15) is 9.59 Å². The molecule has 2 amide bonds. The van der Waals surface area contributed by atoms with E-state index in [4.69, 9.17) is 4.99 Å². The third-order valence-electron chi connectivity index (χ3n) is 6.83. The van der Waals surface area contributed by atoms with Crippen molar-refractivity contribution >= 4 is 28.7 Å². The molecule has 2 aliphatic heterocycles. The molecular weight excluding hydrogens is 444 g/mol. The summed E-state index contributed by atoms with van der Waals surface area (Å²) in [7, 11) is 0. The van der Waals surface area contributed by atoms with Gasteiger partial charge in [0.25, 0.3) is 5.91 Å². The Morgan fingerprint density at radius 2 is 1.85 bits per heavy atom. The number of aliphatic imine (C=N–C) groups is 1. The number of amides is 2. The van der Waals surface area contributed by atoms with Gasteiger partial charge in [0, 0.05) is 25.3 Å². The highest BCUT2D eigenvalue weighted by Crippen LogP contribution is 2.45. The number of allylic oxidation sites excluding steroid dienone is 1. The highest BCUT2D eigenvalue weighted by molar-refractivity contribution is 8.16. The van der Waals surface area contributed by atoms with Crippen LogP contribution in [0.3, 0.4) is 0 Å². The molecule has 0 spiro atoms. The number of benzene rings is 1. The molecule has 3 aliphatic rings. The number of hydrogen-bond acceptors (Lipinski definition) is 5. The van der Waals surface area contributed by atoms with E-state index in [0.717, 1.165) is 28.7 Å². The van der Waals surface area contributed by atoms with Crippen LogP contribution >= 0.6 is 11.8 Å². The first-order chi connectivity index (χ1) is 16.3. The maximum absolute atomic E-state index is 13.7. The number of amidine groups is 1. The fourth-order valence-electron chi connectivity index (χ4n) is 4.51. The average molecular weight is 481 g/mol. The molecule has 1 aliphatic carbocycles. The molecule has 0 unspecified atom stereocenters. The minimum atomic E-state index is -0.306. The van der Waals surface area contributed by atoms with Gasteiger partial charge in [-0.1, -0.05) is 49.9 Å². The van der Waals surface area contributed by atoms with Gasteiger partial charge in [0.1, 0.15) is 0 Å². The van der Waals surface area contributed by atoms with E-state index >= 15 is 0 Å². The predicted molar refractivity (Wildman–Crippen MR) is 139 cm³/mol. The molecule has 1 fully saturated rings. The Balaban J connectivity index is 1.69. The first kappa shape index (κ1) is 24.6. The van der Waals surface area contributed by atoms with Crippen molar-refractivity contribution in [1.29, 1.82) is 0 Å². The third kappa shape index (κ3) is 5.09. The molecule has 0 aromatic heterocycles. The first-order valence-corrected chi connectivity index (χ1v) is 13.3. The molecule has 1 aromatic rings. The molecule has 2 heterocycles. The second kappa shape index (κ2) is 10.4. The smallest absolute Gasteiger partial charge is 0.254 e. The van der Waals surface area contributed by atoms with Crippen molar-refractivity contribution in [2.45, 2.75) is 65.8 Å². The number of thioether (sulfide) groups is 1. The van der Waals surface area contributed by atoms with Gasteiger partial charge in [-0.3, -0.25) is 9.59 Å². The van der Waals surface area contributed by atoms with Crippen molar-refractivity contribution in [3.8, 4) is 0 Å². The number of nitrogens with one attached hydrogen (secondary N) is 1. The maximum Gasteiger partial charge on any atom is 0.254 e. The van der Waals surface area contributed by atoms with Gasteiger partial charge >= 0.3 is 0 Å². The zero-order valence-electron chi connectivity index (χ0n) is 20.9. The maximum atomic E-state index is 13.7. The summed E-state index contributed by atoms with van der Waals surface area (Å²) in [6, 6.07) is 8.24. The summed E-state index contributed by atoms with van der Waals surface area (Å²) in [4.78, 5) is 35.2. The summed E-state index contributed by atoms with van der Waals surface area (Å²) < 4.78 is 0. The third-order valence-corrected chi connectivity index (χ3v) is 7.72. The van der Waals surface area contributed by atoms with Crippen molar-refractivity contribution in [3.63, 3.8) is 0 Å². The van der Waals surface area contributed by atoms with E-state index < -0.39 is 0 Å². The van der Waals surface area contributed by atoms with Crippen molar-refractivity contribution in [1.82, 2.24) is 15.1 Å². The minimum absolute atomic E-state index is 0.0117. The fourth-order valence-corrected chi connectivity index (χ4v) is 5.47. The molecule has 0 bridgehead atoms. The van der Waals surface area contributed by atoms with Gasteiger partial charge in [-0.15, -0.1) is 0 Å². The number of nitrogens with zero attached hydrogens (tertiary/aromatic N) is 3. The van der Waals surface area contributed by atoms with Gasteiger partial charge in [0.2, 0.25) is 5.91 Å². The SMILES string of the molecule is CCN(CC)C(=O)C1=C(C)N=C2SC=C(CC(=O)NCC3CC3)N2[C@H]1c1ccc(C(C)C)cc1. The quantitative estimate of drug-likeness (QED) is 0.530. The Bertz CT molecular complexity index is 1030. The standard InChI is InChI=1S/C27H36N4O2S/c1-6-30(7-2)26(33)24-18(5)29-27-31(25(24)21-12-10-20(11-13-21)17(3)4)22(16-34-27)14-23(32)28-15-19-8-9-19/h10-13,16-17,19,25H,6-9,14-15H2,1-5H3,(H,28,32)/t25-/m0/s1. The lowest BCUT2D eigenvalue weighted by Crippen LogP contribution is -2.42. The Morgan fingerprint density at radius 3 is 2.44 bits per heavy atom. The van der Waals surface area contributed by atoms with E-state index in [0.29, 0.717) is 30.5 Å². The second-order valence-corrected chi connectivity index (χ2v) is 10.5. The van der Waals surface area contributed by atoms with E-state index in [1.54, 1.807) is 0 Å². The first-order valence-electron chi connectivity index (χ1n) is 12.4. The van der Waals surface area contributed by atoms with Gasteiger partial charge < -0.3 is 15.1 Å². The van der Waals surface area contributed by atoms with Gasteiger partial charge in [-0.05, 0) is 62.0 Å². The molecule has 0 saturated heterocycles. The van der Waals surface area contributed by atoms with Gasteiger partial charge in [-0.25, -0.2) is 4.99 Å². The summed E-state index contributed by atoms with van der Waals surface area (Å²) in [5.41, 5.74) is 4.64. The van der Waals surface area contributed by atoms with Crippen LogP contribution in [0.5, 0.6) is 0 Å². The molecular formula is C27H36N4O2S. The van der Waals surface area contributed by atoms with Crippen molar-refractivity contribution in [2.24, 2.45) is 10.9 Å². The second-order valence-electron chi connectivity index (χ2n) is 9.62. The van der Waals surface area contributed by atoms with Gasteiger partial charge in [0.15, 0.2) is 5.17 Å². The fraction of sp³-hybridized carbons (Fsp3) is 0.519. The predicted octanol–water partition coefficient (Wildman–Crippen LogP) is 5.17. The number of carbonyl (C=O) groups excluding carboxylic acids is 2. The number of likely N-dealkylation sites (N-methyl/N-ethyl adjacent to an activating group) is 1. The largest absolute Gasteiger partial charge is 0.355 e. The van der Waals surface area contributed by atoms with Gasteiger partial charge in [-0.2, -0.15) is 0 Å². The average Bonchev–Trinajstić information content (AvgIpc) is 3.58. The van der Waals surface area contributed by atoms with Crippen LogP contribution in [0.15, 0.2) is 51.6 Å². The van der Waals surface area contributed by atoms with Crippen LogP contribution in [-0.4, -0.2) is 46.4 Å². The Kier molecular flexibility index (Phi) is 7.51. The van der Waals surface area contributed by atoms with Crippen molar-refractivity contribution in [3.05, 3.63) is 57.8 Å². The van der Waals surface area contributed by atoms with Crippen LogP contribution < -0.4 is 5.32 Å². The highest BCUT2D eigenvalue weighted by atomic mass is 32.2. The Morgan fingerprint density at radius 1 is 1.18 bits per heavy atom. The van der Waals surface area contributed by atoms with Crippen molar-refractivity contribution in [2.75, 3.05) is 19.6 Å². The van der Waals surface area contributed by atoms with E-state index in [-0.39, 0.29) is 24.3 Å². The number of hydrogen-bond donors (Lipinski definition) is 1. The van der Waals surface area contributed by atoms with E-state index in [1.807, 2.05) is 31.1 Å². The molecule has 1 N–H and O–H groups in total. The summed E-state index contributed by atoms with van der Waals surface area (Å²) in [5.74, 6) is 1.10. The zero-order valence-corrected chi connectivity index (χ0v) is 21.7. The Labute approximate surface area is 207 Å². The van der Waals surface area contributed by atoms with Crippen LogP contribution in [0.2, 0.25) is 0 Å². The lowest BCUT2D eigenvalue weighted by Gasteiger charge is -2.38. The van der Waals surface area contributed by atoms with Crippen LogP contribution in [0, 0.1) is 5.92 Å². The summed E-state index contributed by atoms with van der Waals surface area (Å²) in [6.45, 7) is 12.3. The monoisotopic (exact) mass is 480 g/mol. The topological polar surface area (TPSA) is 65.0 Å². The Hall–Kier alpha value is -2.54. The van der Waals surface area contributed by atoms with Gasteiger partial charge in [0.05, 0.1) is 23.7 Å². The summed E-state index contributed by atoms with van der Waals surface area (Å²) >= 11 is 1.53. The molecule has 1 atom stereocenters. The normalized spacial score (nSPS) is 19.7. The molecule has 1 saturated carbocycles. The highest BCUT2D eigenvalue weighted by Gasteiger charge is 2.41. The molecule has 34 heavy (non-hydrogen) atoms. The van der Waals surface area contributed by atoms with E-state index in [2.05, 4.69) is 48.3 Å². The van der Waals surface area contributed by atoms with E-state index in [1.165, 1.54) is 30.2 Å². The van der Waals surface area contributed by atoms with Crippen LogP contribution in [-0.2, 0) is 9.59 Å². The minimum Gasteiger partial charge on any atom is -0.355 e. The van der Waals surface area contributed by atoms with Crippen LogP contribution in [0.1, 0.15) is 77.0 Å². The zero-order chi connectivity index (χ0) is 24.4. The molecule has 0 radical (unpaired) electrons. The number of carbonyl (C=O) groups is 2. The number of rotatable bonds is 9. The lowest BCUT2D eigenvalue weighted by atomic mass is 9.91. The molecule has 4 rings (SSSR count).